The first kappa shape index (κ1) is 21.2. The van der Waals surface area contributed by atoms with Crippen LogP contribution in [-0.2, 0) is 0 Å². The van der Waals surface area contributed by atoms with Crippen molar-refractivity contribution in [2.24, 2.45) is 0 Å². The Morgan fingerprint density at radius 1 is 1.30 bits per heavy atom. The molecule has 0 amide bonds. The van der Waals surface area contributed by atoms with Crippen molar-refractivity contribution < 1.29 is 18.7 Å². The highest BCUT2D eigenvalue weighted by atomic mass is 32.1. The molecule has 0 fully saturated rings. The summed E-state index contributed by atoms with van der Waals surface area (Å²) in [5, 5.41) is 17.2. The minimum Gasteiger partial charge on any atom is -0.478 e. The number of fused-ring (bicyclic) bond motifs is 1. The van der Waals surface area contributed by atoms with Crippen LogP contribution in [0.25, 0.3) is 17.0 Å². The van der Waals surface area contributed by atoms with Gasteiger partial charge in [-0.1, -0.05) is 0 Å². The number of hydrogen-bond donors (Lipinski definition) is 2. The molecule has 0 radical (unpaired) electrons. The average molecular weight is 434 g/mol. The molecular weight excluding hydrogens is 418 g/mol. The van der Waals surface area contributed by atoms with Crippen molar-refractivity contribution in [3.05, 3.63) is 69.4 Å². The van der Waals surface area contributed by atoms with Gasteiger partial charge in [0.1, 0.15) is 17.2 Å². The van der Waals surface area contributed by atoms with E-state index in [9.17, 15) is 18.4 Å². The SMILES string of the molecule is Cc1nn([C@@H](C)c2cc(F)ccc2F)c2c(=O)[nH]c(-n3cc(C(=O)O)cn3)nc12.S. The maximum Gasteiger partial charge on any atom is 0.338 e. The number of carboxylic acids is 1. The van der Waals surface area contributed by atoms with Crippen LogP contribution in [0.5, 0.6) is 0 Å². The van der Waals surface area contributed by atoms with E-state index in [1.54, 1.807) is 13.8 Å². The van der Waals surface area contributed by atoms with Gasteiger partial charge in [0.25, 0.3) is 5.56 Å². The van der Waals surface area contributed by atoms with Crippen molar-refractivity contribution in [3.8, 4) is 5.95 Å². The Bertz CT molecular complexity index is 1330. The zero-order valence-corrected chi connectivity index (χ0v) is 16.7. The third kappa shape index (κ3) is 3.45. The van der Waals surface area contributed by atoms with Crippen LogP contribution in [0, 0.1) is 18.6 Å². The maximum atomic E-state index is 14.2. The van der Waals surface area contributed by atoms with Crippen LogP contribution in [0.15, 0.2) is 35.4 Å². The van der Waals surface area contributed by atoms with Gasteiger partial charge in [0.2, 0.25) is 5.95 Å². The van der Waals surface area contributed by atoms with Crippen LogP contribution in [0.3, 0.4) is 0 Å². The number of aromatic amines is 1. The molecule has 4 aromatic rings. The Balaban J connectivity index is 0.00000256. The molecule has 0 saturated carbocycles. The van der Waals surface area contributed by atoms with Crippen molar-refractivity contribution >= 4 is 30.5 Å². The van der Waals surface area contributed by atoms with E-state index in [4.69, 9.17) is 5.11 Å². The van der Waals surface area contributed by atoms with Gasteiger partial charge in [-0.2, -0.15) is 23.7 Å². The van der Waals surface area contributed by atoms with Crippen LogP contribution in [-0.4, -0.2) is 40.6 Å². The lowest BCUT2D eigenvalue weighted by molar-refractivity contribution is 0.0697. The molecule has 0 bridgehead atoms. The maximum absolute atomic E-state index is 14.2. The van der Waals surface area contributed by atoms with Gasteiger partial charge in [0.15, 0.2) is 5.52 Å². The predicted molar refractivity (Wildman–Crippen MR) is 108 cm³/mol. The Morgan fingerprint density at radius 3 is 2.70 bits per heavy atom. The topological polar surface area (TPSA) is 119 Å². The van der Waals surface area contributed by atoms with Crippen molar-refractivity contribution in [2.45, 2.75) is 19.9 Å². The van der Waals surface area contributed by atoms with Crippen molar-refractivity contribution in [1.82, 2.24) is 29.5 Å². The largest absolute Gasteiger partial charge is 0.478 e. The number of aromatic nitrogens is 6. The summed E-state index contributed by atoms with van der Waals surface area (Å²) in [6, 6.07) is 2.29. The van der Waals surface area contributed by atoms with Crippen molar-refractivity contribution in [2.75, 3.05) is 0 Å². The standard InChI is InChI=1S/C18H14F2N6O3.H2S/c1-8-14-15(26(24-8)9(2)12-5-11(19)3-4-13(12)20)16(27)23-18(22-14)25-7-10(6-21-25)17(28)29;/h3-7,9H,1-2H3,(H,28,29)(H,22,23,27);1H2/t9-;/m0./s1. The van der Waals surface area contributed by atoms with Crippen LogP contribution >= 0.6 is 13.5 Å². The van der Waals surface area contributed by atoms with Gasteiger partial charge < -0.3 is 5.11 Å². The minimum atomic E-state index is -1.17. The zero-order chi connectivity index (χ0) is 20.9. The lowest BCUT2D eigenvalue weighted by atomic mass is 10.1. The Kier molecular flexibility index (Phi) is 5.44. The van der Waals surface area contributed by atoms with E-state index < -0.39 is 29.2 Å². The number of benzene rings is 1. The fourth-order valence-corrected chi connectivity index (χ4v) is 3.08. The van der Waals surface area contributed by atoms with Crippen LogP contribution < -0.4 is 5.56 Å². The first-order valence-electron chi connectivity index (χ1n) is 8.48. The number of carbonyl (C=O) groups is 1. The average Bonchev–Trinajstić information content (AvgIpc) is 3.29. The van der Waals surface area contributed by atoms with E-state index in [-0.39, 0.29) is 41.6 Å². The smallest absolute Gasteiger partial charge is 0.338 e. The summed E-state index contributed by atoms with van der Waals surface area (Å²) >= 11 is 0. The summed E-state index contributed by atoms with van der Waals surface area (Å²) in [5.41, 5.74) is 0.0856. The Morgan fingerprint density at radius 2 is 2.03 bits per heavy atom. The monoisotopic (exact) mass is 434 g/mol. The van der Waals surface area contributed by atoms with Crippen LogP contribution in [0.1, 0.15) is 34.6 Å². The number of H-pyrrole nitrogens is 1. The summed E-state index contributed by atoms with van der Waals surface area (Å²) < 4.78 is 30.2. The predicted octanol–water partition coefficient (Wildman–Crippen LogP) is 2.31. The van der Waals surface area contributed by atoms with E-state index >= 15 is 0 Å². The lowest BCUT2D eigenvalue weighted by Crippen LogP contribution is -2.19. The Hall–Kier alpha value is -3.54. The number of carboxylic acid groups (broad SMARTS) is 1. The molecule has 0 saturated heterocycles. The molecule has 1 atom stereocenters. The molecule has 0 aliphatic carbocycles. The summed E-state index contributed by atoms with van der Waals surface area (Å²) in [6.07, 6.45) is 2.33. The molecule has 0 aliphatic rings. The first-order chi connectivity index (χ1) is 13.8. The molecule has 12 heteroatoms. The molecule has 2 N–H and O–H groups in total. The lowest BCUT2D eigenvalue weighted by Gasteiger charge is -2.14. The van der Waals surface area contributed by atoms with E-state index in [1.807, 2.05) is 0 Å². The summed E-state index contributed by atoms with van der Waals surface area (Å²) in [4.78, 5) is 30.6. The van der Waals surface area contributed by atoms with Gasteiger partial charge in [-0.15, -0.1) is 0 Å². The van der Waals surface area contributed by atoms with Gasteiger partial charge in [-0.3, -0.25) is 14.5 Å². The third-order valence-corrected chi connectivity index (χ3v) is 4.53. The zero-order valence-electron chi connectivity index (χ0n) is 15.7. The molecule has 3 heterocycles. The molecule has 4 rings (SSSR count). The molecule has 0 spiro atoms. The number of hydrogen-bond acceptors (Lipinski definition) is 5. The minimum absolute atomic E-state index is 0. The highest BCUT2D eigenvalue weighted by molar-refractivity contribution is 7.59. The van der Waals surface area contributed by atoms with Gasteiger partial charge in [0, 0.05) is 11.8 Å². The summed E-state index contributed by atoms with van der Waals surface area (Å²) in [5.74, 6) is -2.40. The second-order valence-corrected chi connectivity index (χ2v) is 6.44. The molecule has 3 aromatic heterocycles. The molecule has 0 unspecified atom stereocenters. The highest BCUT2D eigenvalue weighted by Crippen LogP contribution is 2.25. The number of aryl methyl sites for hydroxylation is 1. The number of rotatable bonds is 4. The third-order valence-electron chi connectivity index (χ3n) is 4.53. The second-order valence-electron chi connectivity index (χ2n) is 6.44. The van der Waals surface area contributed by atoms with E-state index in [0.29, 0.717) is 5.69 Å². The van der Waals surface area contributed by atoms with Gasteiger partial charge in [-0.25, -0.2) is 23.2 Å². The van der Waals surface area contributed by atoms with Crippen molar-refractivity contribution in [1.29, 1.82) is 0 Å². The molecule has 0 aliphatic heterocycles. The number of nitrogens with one attached hydrogen (secondary N) is 1. The molecule has 1 aromatic carbocycles. The number of nitrogens with zero attached hydrogens (tertiary/aromatic N) is 5. The van der Waals surface area contributed by atoms with Gasteiger partial charge >= 0.3 is 5.97 Å². The summed E-state index contributed by atoms with van der Waals surface area (Å²) in [7, 11) is 0. The van der Waals surface area contributed by atoms with Gasteiger partial charge in [-0.05, 0) is 32.0 Å². The number of aromatic carboxylic acids is 1. The van der Waals surface area contributed by atoms with Crippen LogP contribution in [0.4, 0.5) is 8.78 Å². The fraction of sp³-hybridized carbons (Fsp3) is 0.167. The number of halogens is 2. The molecule has 9 nitrogen and oxygen atoms in total. The van der Waals surface area contributed by atoms with E-state index in [2.05, 4.69) is 20.2 Å². The summed E-state index contributed by atoms with van der Waals surface area (Å²) in [6.45, 7) is 3.21. The Labute approximate surface area is 174 Å². The van der Waals surface area contributed by atoms with E-state index in [1.165, 1.54) is 10.9 Å². The van der Waals surface area contributed by atoms with Crippen molar-refractivity contribution in [3.63, 3.8) is 0 Å². The molecule has 156 valence electrons. The van der Waals surface area contributed by atoms with E-state index in [0.717, 1.165) is 29.1 Å². The van der Waals surface area contributed by atoms with Crippen LogP contribution in [0.2, 0.25) is 0 Å². The normalized spacial score (nSPS) is 12.0. The molecule has 30 heavy (non-hydrogen) atoms. The second kappa shape index (κ2) is 7.71. The fourth-order valence-electron chi connectivity index (χ4n) is 3.08. The van der Waals surface area contributed by atoms with Gasteiger partial charge in [0.05, 0.1) is 23.5 Å². The first-order valence-corrected chi connectivity index (χ1v) is 8.48. The highest BCUT2D eigenvalue weighted by Gasteiger charge is 2.22. The quantitative estimate of drug-likeness (QED) is 0.509. The molecular formula is C18H16F2N6O3S.